The predicted molar refractivity (Wildman–Crippen MR) is 86.7 cm³/mol. The van der Waals surface area contributed by atoms with Gasteiger partial charge in [-0.2, -0.15) is 0 Å². The molecule has 2 heterocycles. The zero-order chi connectivity index (χ0) is 16.7. The Kier molecular flexibility index (Phi) is 3.97. The molecular formula is C15H15FN2O3S2. The second-order valence-electron chi connectivity index (χ2n) is 5.90. The molecule has 2 aromatic rings. The maximum Gasteiger partial charge on any atom is 0.271 e. The van der Waals surface area contributed by atoms with Crippen LogP contribution in [-0.4, -0.2) is 36.4 Å². The number of hydrogen-bond acceptors (Lipinski definition) is 5. The van der Waals surface area contributed by atoms with Gasteiger partial charge in [0.25, 0.3) is 5.91 Å². The second kappa shape index (κ2) is 5.68. The summed E-state index contributed by atoms with van der Waals surface area (Å²) in [6, 6.07) is 5.86. The van der Waals surface area contributed by atoms with Crippen LogP contribution >= 0.6 is 11.3 Å². The monoisotopic (exact) mass is 354 g/mol. The van der Waals surface area contributed by atoms with Gasteiger partial charge in [0.05, 0.1) is 17.0 Å². The Bertz CT molecular complexity index is 846. The first-order chi connectivity index (χ1) is 10.8. The highest BCUT2D eigenvalue weighted by Crippen LogP contribution is 2.26. The Morgan fingerprint density at radius 1 is 1.35 bits per heavy atom. The Labute approximate surface area is 137 Å². The molecule has 1 saturated heterocycles. The summed E-state index contributed by atoms with van der Waals surface area (Å²) in [4.78, 5) is 16.5. The lowest BCUT2D eigenvalue weighted by atomic mass is 10.0. The van der Waals surface area contributed by atoms with Crippen molar-refractivity contribution in [1.82, 2.24) is 10.3 Å². The molecule has 1 aliphatic rings. The average molecular weight is 354 g/mol. The van der Waals surface area contributed by atoms with Crippen molar-refractivity contribution in [2.45, 2.75) is 18.9 Å². The molecule has 23 heavy (non-hydrogen) atoms. The third-order valence-corrected chi connectivity index (χ3v) is 6.54. The van der Waals surface area contributed by atoms with Crippen molar-refractivity contribution in [3.8, 4) is 10.6 Å². The lowest BCUT2D eigenvalue weighted by Gasteiger charge is -2.23. The van der Waals surface area contributed by atoms with Gasteiger partial charge in [0.15, 0.2) is 9.84 Å². The van der Waals surface area contributed by atoms with Crippen LogP contribution in [0.1, 0.15) is 23.8 Å². The van der Waals surface area contributed by atoms with Gasteiger partial charge in [-0.25, -0.2) is 17.8 Å². The summed E-state index contributed by atoms with van der Waals surface area (Å²) in [5.41, 5.74) is 0.209. The van der Waals surface area contributed by atoms with Crippen molar-refractivity contribution in [1.29, 1.82) is 0 Å². The molecule has 3 rings (SSSR count). The van der Waals surface area contributed by atoms with Gasteiger partial charge >= 0.3 is 0 Å². The van der Waals surface area contributed by atoms with E-state index in [-0.39, 0.29) is 23.0 Å². The maximum atomic E-state index is 12.9. The van der Waals surface area contributed by atoms with Crippen LogP contribution in [-0.2, 0) is 9.84 Å². The molecule has 1 amide bonds. The van der Waals surface area contributed by atoms with E-state index in [0.717, 1.165) is 5.56 Å². The minimum absolute atomic E-state index is 0.0549. The number of benzene rings is 1. The SMILES string of the molecule is C[C@@]1(NC(=O)c2csc(-c3ccc(F)cc3)n2)CCS(=O)(=O)C1. The van der Waals surface area contributed by atoms with Gasteiger partial charge in [-0.3, -0.25) is 4.79 Å². The van der Waals surface area contributed by atoms with E-state index < -0.39 is 21.3 Å². The normalized spacial score (nSPS) is 22.9. The Hall–Kier alpha value is -1.80. The molecule has 1 fully saturated rings. The van der Waals surface area contributed by atoms with E-state index >= 15 is 0 Å². The van der Waals surface area contributed by atoms with Crippen molar-refractivity contribution < 1.29 is 17.6 Å². The molecule has 5 nitrogen and oxygen atoms in total. The van der Waals surface area contributed by atoms with Crippen LogP contribution in [0, 0.1) is 5.82 Å². The van der Waals surface area contributed by atoms with Gasteiger partial charge in [-0.15, -0.1) is 11.3 Å². The molecule has 1 N–H and O–H groups in total. The Balaban J connectivity index is 1.75. The fourth-order valence-corrected chi connectivity index (χ4v) is 5.45. The first kappa shape index (κ1) is 16.1. The number of nitrogens with one attached hydrogen (secondary N) is 1. The number of rotatable bonds is 3. The van der Waals surface area contributed by atoms with Crippen molar-refractivity contribution in [2.75, 3.05) is 11.5 Å². The molecule has 1 aromatic carbocycles. The van der Waals surface area contributed by atoms with Gasteiger partial charge < -0.3 is 5.32 Å². The molecule has 8 heteroatoms. The van der Waals surface area contributed by atoms with Crippen molar-refractivity contribution in [2.24, 2.45) is 0 Å². The number of amides is 1. The van der Waals surface area contributed by atoms with E-state index in [4.69, 9.17) is 0 Å². The van der Waals surface area contributed by atoms with Crippen LogP contribution in [0.25, 0.3) is 10.6 Å². The third kappa shape index (κ3) is 3.59. The van der Waals surface area contributed by atoms with Crippen LogP contribution in [0.2, 0.25) is 0 Å². The Morgan fingerprint density at radius 2 is 2.04 bits per heavy atom. The van der Waals surface area contributed by atoms with Gasteiger partial charge in [-0.05, 0) is 37.6 Å². The predicted octanol–water partition coefficient (Wildman–Crippen LogP) is 2.26. The number of carbonyl (C=O) groups excluding carboxylic acids is 1. The van der Waals surface area contributed by atoms with Gasteiger partial charge in [0.1, 0.15) is 16.5 Å². The van der Waals surface area contributed by atoms with E-state index in [1.807, 2.05) is 0 Å². The Morgan fingerprint density at radius 3 is 2.65 bits per heavy atom. The minimum atomic E-state index is -3.09. The quantitative estimate of drug-likeness (QED) is 0.917. The number of thiazole rings is 1. The first-order valence-electron chi connectivity index (χ1n) is 7.01. The van der Waals surface area contributed by atoms with Crippen LogP contribution < -0.4 is 5.32 Å². The number of sulfone groups is 1. The molecule has 0 radical (unpaired) electrons. The molecule has 0 saturated carbocycles. The van der Waals surface area contributed by atoms with E-state index in [1.165, 1.54) is 23.5 Å². The van der Waals surface area contributed by atoms with Gasteiger partial charge in [0.2, 0.25) is 0 Å². The van der Waals surface area contributed by atoms with E-state index in [9.17, 15) is 17.6 Å². The van der Waals surface area contributed by atoms with Crippen LogP contribution in [0.5, 0.6) is 0 Å². The zero-order valence-corrected chi connectivity index (χ0v) is 14.0. The summed E-state index contributed by atoms with van der Waals surface area (Å²) in [6.07, 6.45) is 0.399. The third-order valence-electron chi connectivity index (χ3n) is 3.75. The van der Waals surface area contributed by atoms with Gasteiger partial charge in [0, 0.05) is 10.9 Å². The van der Waals surface area contributed by atoms with Crippen molar-refractivity contribution >= 4 is 27.1 Å². The average Bonchev–Trinajstić information content (AvgIpc) is 3.05. The van der Waals surface area contributed by atoms with Gasteiger partial charge in [-0.1, -0.05) is 0 Å². The largest absolute Gasteiger partial charge is 0.344 e. The highest BCUT2D eigenvalue weighted by molar-refractivity contribution is 7.91. The standard InChI is InChI=1S/C15H15FN2O3S2/c1-15(6-7-23(20,21)9-15)18-13(19)12-8-22-14(17-12)10-2-4-11(16)5-3-10/h2-5,8H,6-7,9H2,1H3,(H,18,19)/t15-/m1/s1. The summed E-state index contributed by atoms with van der Waals surface area (Å²) < 4.78 is 36.1. The molecule has 0 bridgehead atoms. The zero-order valence-electron chi connectivity index (χ0n) is 12.4. The van der Waals surface area contributed by atoms with Crippen molar-refractivity contribution in [3.63, 3.8) is 0 Å². The molecule has 0 aliphatic carbocycles. The number of hydrogen-bond donors (Lipinski definition) is 1. The molecule has 1 atom stereocenters. The summed E-state index contributed by atoms with van der Waals surface area (Å²) in [5, 5.41) is 4.99. The second-order valence-corrected chi connectivity index (χ2v) is 8.94. The number of aromatic nitrogens is 1. The fraction of sp³-hybridized carbons (Fsp3) is 0.333. The molecule has 1 aromatic heterocycles. The van der Waals surface area contributed by atoms with Crippen LogP contribution in [0.3, 0.4) is 0 Å². The molecule has 0 unspecified atom stereocenters. The summed E-state index contributed by atoms with van der Waals surface area (Å²) >= 11 is 1.28. The number of carbonyl (C=O) groups is 1. The topological polar surface area (TPSA) is 76.1 Å². The summed E-state index contributed by atoms with van der Waals surface area (Å²) in [6.45, 7) is 1.72. The highest BCUT2D eigenvalue weighted by atomic mass is 32.2. The number of halogens is 1. The van der Waals surface area contributed by atoms with Crippen molar-refractivity contribution in [3.05, 3.63) is 41.2 Å². The lowest BCUT2D eigenvalue weighted by molar-refractivity contribution is 0.0911. The van der Waals surface area contributed by atoms with Crippen LogP contribution in [0.4, 0.5) is 4.39 Å². The lowest BCUT2D eigenvalue weighted by Crippen LogP contribution is -2.47. The highest BCUT2D eigenvalue weighted by Gasteiger charge is 2.39. The molecule has 1 aliphatic heterocycles. The van der Waals surface area contributed by atoms with E-state index in [0.29, 0.717) is 11.4 Å². The maximum absolute atomic E-state index is 12.9. The summed E-state index contributed by atoms with van der Waals surface area (Å²) in [7, 11) is -3.09. The molecule has 122 valence electrons. The van der Waals surface area contributed by atoms with E-state index in [2.05, 4.69) is 10.3 Å². The first-order valence-corrected chi connectivity index (χ1v) is 9.71. The molecular weight excluding hydrogens is 339 g/mol. The fourth-order valence-electron chi connectivity index (χ4n) is 2.55. The minimum Gasteiger partial charge on any atom is -0.344 e. The van der Waals surface area contributed by atoms with E-state index in [1.54, 1.807) is 24.4 Å². The molecule has 0 spiro atoms. The number of nitrogens with zero attached hydrogens (tertiary/aromatic N) is 1. The summed E-state index contributed by atoms with van der Waals surface area (Å²) in [5.74, 6) is -0.699. The van der Waals surface area contributed by atoms with Crippen LogP contribution in [0.15, 0.2) is 29.6 Å². The smallest absolute Gasteiger partial charge is 0.271 e.